The van der Waals surface area contributed by atoms with Gasteiger partial charge in [-0.05, 0) is 44.4 Å². The number of carbonyl (C=O) groups is 2. The van der Waals surface area contributed by atoms with E-state index in [1.807, 2.05) is 0 Å². The van der Waals surface area contributed by atoms with Crippen molar-refractivity contribution < 1.29 is 14.0 Å². The fraction of sp³-hybridized carbons (Fsp3) is 0.412. The summed E-state index contributed by atoms with van der Waals surface area (Å²) < 4.78 is 5.36. The van der Waals surface area contributed by atoms with Gasteiger partial charge in [0.15, 0.2) is 5.78 Å². The Kier molecular flexibility index (Phi) is 3.04. The molecule has 0 saturated carbocycles. The van der Waals surface area contributed by atoms with Crippen LogP contribution >= 0.6 is 0 Å². The van der Waals surface area contributed by atoms with Gasteiger partial charge >= 0.3 is 0 Å². The molecule has 5 heteroatoms. The molecular formula is C17H18N2O3. The number of carbonyl (C=O) groups excluding carboxylic acids is 2. The van der Waals surface area contributed by atoms with Gasteiger partial charge in [-0.1, -0.05) is 0 Å². The zero-order valence-corrected chi connectivity index (χ0v) is 12.4. The van der Waals surface area contributed by atoms with Crippen LogP contribution in [-0.2, 0) is 0 Å². The summed E-state index contributed by atoms with van der Waals surface area (Å²) in [6.45, 7) is 1.50. The number of furan rings is 1. The first kappa shape index (κ1) is 13.5. The first-order valence-electron chi connectivity index (χ1n) is 7.71. The van der Waals surface area contributed by atoms with Gasteiger partial charge in [0.05, 0.1) is 5.56 Å². The third-order valence-electron chi connectivity index (χ3n) is 4.83. The smallest absolute Gasteiger partial charge is 0.251 e. The van der Waals surface area contributed by atoms with E-state index in [1.165, 1.54) is 19.6 Å². The molecule has 0 spiro atoms. The zero-order valence-electron chi connectivity index (χ0n) is 12.4. The molecule has 1 aromatic heterocycles. The summed E-state index contributed by atoms with van der Waals surface area (Å²) in [5.41, 5.74) is 1.72. The predicted molar refractivity (Wildman–Crippen MR) is 82.0 cm³/mol. The zero-order chi connectivity index (χ0) is 15.3. The molecule has 5 nitrogen and oxygen atoms in total. The van der Waals surface area contributed by atoms with Crippen LogP contribution in [0.25, 0.3) is 11.0 Å². The lowest BCUT2D eigenvalue weighted by Gasteiger charge is -2.21. The quantitative estimate of drug-likeness (QED) is 0.853. The van der Waals surface area contributed by atoms with E-state index in [0.29, 0.717) is 34.2 Å². The summed E-state index contributed by atoms with van der Waals surface area (Å²) in [7, 11) is 0. The van der Waals surface area contributed by atoms with E-state index in [1.54, 1.807) is 18.2 Å². The van der Waals surface area contributed by atoms with Gasteiger partial charge in [-0.3, -0.25) is 9.59 Å². The van der Waals surface area contributed by atoms with Gasteiger partial charge in [-0.2, -0.15) is 0 Å². The Morgan fingerprint density at radius 2 is 2.18 bits per heavy atom. The largest absolute Gasteiger partial charge is 0.464 e. The molecule has 0 aliphatic carbocycles. The lowest BCUT2D eigenvalue weighted by molar-refractivity contribution is 0.0930. The van der Waals surface area contributed by atoms with Gasteiger partial charge in [0.25, 0.3) is 5.91 Å². The number of rotatable bonds is 3. The molecule has 2 N–H and O–H groups in total. The monoisotopic (exact) mass is 298 g/mol. The van der Waals surface area contributed by atoms with Crippen LogP contribution in [0, 0.1) is 0 Å². The van der Waals surface area contributed by atoms with Crippen LogP contribution in [0.1, 0.15) is 46.9 Å². The predicted octanol–water partition coefficient (Wildman–Crippen LogP) is 2.26. The first-order chi connectivity index (χ1) is 10.6. The molecule has 4 rings (SSSR count). The van der Waals surface area contributed by atoms with E-state index in [9.17, 15) is 9.59 Å². The van der Waals surface area contributed by atoms with Crippen LogP contribution < -0.4 is 10.6 Å². The van der Waals surface area contributed by atoms with Crippen molar-refractivity contribution in [3.63, 3.8) is 0 Å². The van der Waals surface area contributed by atoms with Gasteiger partial charge in [0, 0.05) is 29.1 Å². The third kappa shape index (κ3) is 2.13. The average Bonchev–Trinajstić information content (AvgIpc) is 3.20. The normalized spacial score (nSPS) is 26.5. The third-order valence-corrected chi connectivity index (χ3v) is 4.83. The van der Waals surface area contributed by atoms with E-state index < -0.39 is 0 Å². The van der Waals surface area contributed by atoms with Crippen molar-refractivity contribution in [1.82, 2.24) is 10.6 Å². The van der Waals surface area contributed by atoms with Crippen molar-refractivity contribution in [1.29, 1.82) is 0 Å². The van der Waals surface area contributed by atoms with Crippen LogP contribution in [0.2, 0.25) is 0 Å². The van der Waals surface area contributed by atoms with Crippen molar-refractivity contribution in [2.75, 3.05) is 0 Å². The fourth-order valence-electron chi connectivity index (χ4n) is 3.68. The van der Waals surface area contributed by atoms with Gasteiger partial charge in [-0.25, -0.2) is 0 Å². The number of fused-ring (bicyclic) bond motifs is 3. The molecule has 22 heavy (non-hydrogen) atoms. The molecule has 0 radical (unpaired) electrons. The molecule has 0 unspecified atom stereocenters. The van der Waals surface area contributed by atoms with Crippen molar-refractivity contribution in [2.45, 2.75) is 44.3 Å². The molecule has 3 heterocycles. The lowest BCUT2D eigenvalue weighted by Crippen LogP contribution is -2.42. The second-order valence-electron chi connectivity index (χ2n) is 6.28. The molecule has 2 saturated heterocycles. The lowest BCUT2D eigenvalue weighted by atomic mass is 9.95. The number of amides is 1. The van der Waals surface area contributed by atoms with Crippen LogP contribution in [0.5, 0.6) is 0 Å². The highest BCUT2D eigenvalue weighted by Gasteiger charge is 2.39. The standard InChI is InChI=1S/C17H18N2O3/c1-9(20)13-8-22-16-5-2-10(6-12(13)16)17(21)19-15-7-11-3-4-14(15)18-11/h2,5-6,8,11,14-15,18H,3-4,7H2,1H3,(H,19,21)/t11-,14+,15-/m1/s1. The number of Topliss-reactive ketones (excluding diaryl/α,β-unsaturated/α-hetero) is 1. The maximum Gasteiger partial charge on any atom is 0.251 e. The summed E-state index contributed by atoms with van der Waals surface area (Å²) in [5, 5.41) is 7.33. The minimum atomic E-state index is -0.0862. The van der Waals surface area contributed by atoms with Crippen molar-refractivity contribution in [3.05, 3.63) is 35.6 Å². The highest BCUT2D eigenvalue weighted by Crippen LogP contribution is 2.29. The van der Waals surface area contributed by atoms with Gasteiger partial charge < -0.3 is 15.1 Å². The number of hydrogen-bond donors (Lipinski definition) is 2. The number of nitrogens with one attached hydrogen (secondary N) is 2. The summed E-state index contributed by atoms with van der Waals surface area (Å²) in [5.74, 6) is -0.148. The topological polar surface area (TPSA) is 71.3 Å². The molecule has 2 aliphatic heterocycles. The Labute approximate surface area is 128 Å². The van der Waals surface area contributed by atoms with Crippen LogP contribution in [0.3, 0.4) is 0 Å². The minimum absolute atomic E-state index is 0.0615. The van der Waals surface area contributed by atoms with E-state index in [0.717, 1.165) is 12.8 Å². The van der Waals surface area contributed by atoms with Crippen LogP contribution in [0.15, 0.2) is 28.9 Å². The van der Waals surface area contributed by atoms with E-state index >= 15 is 0 Å². The fourth-order valence-corrected chi connectivity index (χ4v) is 3.68. The molecule has 114 valence electrons. The molecular weight excluding hydrogens is 280 g/mol. The molecule has 3 atom stereocenters. The summed E-state index contributed by atoms with van der Waals surface area (Å²) in [6, 6.07) is 6.39. The first-order valence-corrected chi connectivity index (χ1v) is 7.71. The Bertz CT molecular complexity index is 764. The van der Waals surface area contributed by atoms with E-state index in [-0.39, 0.29) is 17.7 Å². The van der Waals surface area contributed by atoms with Crippen molar-refractivity contribution in [2.24, 2.45) is 0 Å². The Morgan fingerprint density at radius 1 is 1.32 bits per heavy atom. The number of benzene rings is 1. The molecule has 2 aromatic rings. The Balaban J connectivity index is 1.59. The average molecular weight is 298 g/mol. The highest BCUT2D eigenvalue weighted by molar-refractivity contribution is 6.08. The molecule has 2 aliphatic rings. The van der Waals surface area contributed by atoms with Gasteiger partial charge in [0.1, 0.15) is 11.8 Å². The van der Waals surface area contributed by atoms with Gasteiger partial charge in [0.2, 0.25) is 0 Å². The Hall–Kier alpha value is -2.14. The molecule has 2 bridgehead atoms. The summed E-state index contributed by atoms with van der Waals surface area (Å²) in [6.07, 6.45) is 4.79. The van der Waals surface area contributed by atoms with Crippen LogP contribution in [-0.4, -0.2) is 29.8 Å². The highest BCUT2D eigenvalue weighted by atomic mass is 16.3. The summed E-state index contributed by atoms with van der Waals surface area (Å²) in [4.78, 5) is 24.1. The maximum atomic E-state index is 12.5. The van der Waals surface area contributed by atoms with E-state index in [2.05, 4.69) is 10.6 Å². The second kappa shape index (κ2) is 4.95. The van der Waals surface area contributed by atoms with Gasteiger partial charge in [-0.15, -0.1) is 0 Å². The Morgan fingerprint density at radius 3 is 2.86 bits per heavy atom. The van der Waals surface area contributed by atoms with Crippen LogP contribution in [0.4, 0.5) is 0 Å². The van der Waals surface area contributed by atoms with E-state index in [4.69, 9.17) is 4.42 Å². The molecule has 2 fully saturated rings. The molecule has 1 amide bonds. The second-order valence-corrected chi connectivity index (χ2v) is 6.28. The SMILES string of the molecule is CC(=O)c1coc2ccc(C(=O)N[C@@H]3C[C@H]4CC[C@@H]3N4)cc12. The maximum absolute atomic E-state index is 12.5. The van der Waals surface area contributed by atoms with Crippen molar-refractivity contribution in [3.8, 4) is 0 Å². The number of hydrogen-bond acceptors (Lipinski definition) is 4. The molecule has 1 aromatic carbocycles. The van der Waals surface area contributed by atoms with Crippen molar-refractivity contribution >= 4 is 22.7 Å². The number of ketones is 1. The minimum Gasteiger partial charge on any atom is -0.464 e. The summed E-state index contributed by atoms with van der Waals surface area (Å²) >= 11 is 0.